The highest BCUT2D eigenvalue weighted by atomic mass is 35.5. The van der Waals surface area contributed by atoms with E-state index in [-0.39, 0.29) is 6.42 Å². The zero-order chi connectivity index (χ0) is 9.84. The van der Waals surface area contributed by atoms with Crippen LogP contribution >= 0.6 is 11.6 Å². The molecule has 4 heteroatoms. The molecule has 3 nitrogen and oxygen atoms in total. The number of carbonyl (C=O) groups excluding carboxylic acids is 2. The first-order valence-corrected chi connectivity index (χ1v) is 4.03. The van der Waals surface area contributed by atoms with E-state index in [2.05, 4.69) is 0 Å². The molecule has 13 heavy (non-hydrogen) atoms. The Labute approximate surface area is 80.5 Å². The molecule has 0 heterocycles. The van der Waals surface area contributed by atoms with Gasteiger partial charge in [-0.05, 0) is 23.8 Å². The molecular formula is C9H8ClNO2. The third-order valence-electron chi connectivity index (χ3n) is 1.60. The quantitative estimate of drug-likeness (QED) is 0.740. The number of amides is 1. The summed E-state index contributed by atoms with van der Waals surface area (Å²) in [5.41, 5.74) is 6.01. The summed E-state index contributed by atoms with van der Waals surface area (Å²) in [7, 11) is 0. The molecule has 1 rings (SSSR count). The van der Waals surface area contributed by atoms with Crippen molar-refractivity contribution >= 4 is 23.8 Å². The number of carbonyl (C=O) groups is 2. The summed E-state index contributed by atoms with van der Waals surface area (Å²) in [6.07, 6.45) is 0.712. The molecule has 0 unspecified atom stereocenters. The normalized spacial score (nSPS) is 9.62. The molecule has 1 aromatic carbocycles. The molecule has 0 radical (unpaired) electrons. The fourth-order valence-electron chi connectivity index (χ4n) is 1.03. The Balaban J connectivity index is 3.07. The van der Waals surface area contributed by atoms with Crippen LogP contribution in [0.3, 0.4) is 0 Å². The SMILES string of the molecule is NC(=O)Cc1cc(Cl)ccc1C=O. The minimum Gasteiger partial charge on any atom is -0.369 e. The Kier molecular flexibility index (Phi) is 3.03. The standard InChI is InChI=1S/C9H8ClNO2/c10-8-2-1-6(5-12)7(3-8)4-9(11)13/h1-3,5H,4H2,(H2,11,13). The molecule has 1 amide bonds. The second-order valence-corrected chi connectivity index (χ2v) is 3.04. The average Bonchev–Trinajstić information content (AvgIpc) is 2.03. The number of aldehydes is 1. The Morgan fingerprint density at radius 1 is 1.54 bits per heavy atom. The lowest BCUT2D eigenvalue weighted by Crippen LogP contribution is -2.14. The summed E-state index contributed by atoms with van der Waals surface area (Å²) in [6.45, 7) is 0. The largest absolute Gasteiger partial charge is 0.369 e. The average molecular weight is 198 g/mol. The topological polar surface area (TPSA) is 60.2 Å². The van der Waals surface area contributed by atoms with Crippen LogP contribution in [0.4, 0.5) is 0 Å². The van der Waals surface area contributed by atoms with Gasteiger partial charge in [0, 0.05) is 10.6 Å². The van der Waals surface area contributed by atoms with Gasteiger partial charge in [0.1, 0.15) is 6.29 Å². The Hall–Kier alpha value is -1.35. The van der Waals surface area contributed by atoms with E-state index in [0.717, 1.165) is 0 Å². The number of nitrogens with two attached hydrogens (primary N) is 1. The van der Waals surface area contributed by atoms with E-state index >= 15 is 0 Å². The first-order valence-electron chi connectivity index (χ1n) is 3.65. The molecule has 2 N–H and O–H groups in total. The number of primary amides is 1. The van der Waals surface area contributed by atoms with Crippen LogP contribution in [0.5, 0.6) is 0 Å². The van der Waals surface area contributed by atoms with Crippen LogP contribution in [0.15, 0.2) is 18.2 Å². The third kappa shape index (κ3) is 2.56. The van der Waals surface area contributed by atoms with Crippen LogP contribution in [0.25, 0.3) is 0 Å². The molecule has 0 atom stereocenters. The molecular weight excluding hydrogens is 190 g/mol. The smallest absolute Gasteiger partial charge is 0.221 e. The highest BCUT2D eigenvalue weighted by Gasteiger charge is 2.05. The predicted octanol–water partition coefficient (Wildman–Crippen LogP) is 1.18. The fourth-order valence-corrected chi connectivity index (χ4v) is 1.22. The summed E-state index contributed by atoms with van der Waals surface area (Å²) in [4.78, 5) is 21.1. The molecule has 0 bridgehead atoms. The van der Waals surface area contributed by atoms with Gasteiger partial charge in [0.05, 0.1) is 6.42 Å². The van der Waals surface area contributed by atoms with Gasteiger partial charge in [-0.2, -0.15) is 0 Å². The molecule has 0 saturated heterocycles. The van der Waals surface area contributed by atoms with Crippen molar-refractivity contribution in [1.29, 1.82) is 0 Å². The van der Waals surface area contributed by atoms with Gasteiger partial charge < -0.3 is 5.73 Å². The van der Waals surface area contributed by atoms with Gasteiger partial charge in [-0.25, -0.2) is 0 Å². The van der Waals surface area contributed by atoms with E-state index in [0.29, 0.717) is 22.4 Å². The zero-order valence-corrected chi connectivity index (χ0v) is 7.54. The molecule has 0 aliphatic rings. The van der Waals surface area contributed by atoms with Crippen LogP contribution in [0, 0.1) is 0 Å². The van der Waals surface area contributed by atoms with Gasteiger partial charge in [-0.3, -0.25) is 9.59 Å². The molecule has 1 aromatic rings. The van der Waals surface area contributed by atoms with Crippen molar-refractivity contribution in [3.63, 3.8) is 0 Å². The minimum absolute atomic E-state index is 0.0363. The lowest BCUT2D eigenvalue weighted by atomic mass is 10.1. The number of benzene rings is 1. The maximum absolute atomic E-state index is 10.6. The van der Waals surface area contributed by atoms with Gasteiger partial charge in [-0.15, -0.1) is 0 Å². The van der Waals surface area contributed by atoms with Gasteiger partial charge in [0.2, 0.25) is 5.91 Å². The fraction of sp³-hybridized carbons (Fsp3) is 0.111. The van der Waals surface area contributed by atoms with E-state index in [1.165, 1.54) is 0 Å². The van der Waals surface area contributed by atoms with Crippen molar-refractivity contribution in [3.8, 4) is 0 Å². The molecule has 0 saturated carbocycles. The molecule has 0 fully saturated rings. The summed E-state index contributed by atoms with van der Waals surface area (Å²) in [5.74, 6) is -0.481. The maximum Gasteiger partial charge on any atom is 0.221 e. The monoisotopic (exact) mass is 197 g/mol. The first-order chi connectivity index (χ1) is 6.13. The van der Waals surface area contributed by atoms with E-state index in [4.69, 9.17) is 17.3 Å². The highest BCUT2D eigenvalue weighted by molar-refractivity contribution is 6.30. The third-order valence-corrected chi connectivity index (χ3v) is 1.83. The molecule has 0 aliphatic heterocycles. The van der Waals surface area contributed by atoms with Crippen molar-refractivity contribution in [3.05, 3.63) is 34.3 Å². The van der Waals surface area contributed by atoms with Crippen LogP contribution < -0.4 is 5.73 Å². The zero-order valence-electron chi connectivity index (χ0n) is 6.79. The van der Waals surface area contributed by atoms with E-state index in [1.54, 1.807) is 18.2 Å². The van der Waals surface area contributed by atoms with Gasteiger partial charge in [0.15, 0.2) is 0 Å². The Morgan fingerprint density at radius 2 is 2.23 bits per heavy atom. The molecule has 68 valence electrons. The van der Waals surface area contributed by atoms with E-state index in [9.17, 15) is 9.59 Å². The Morgan fingerprint density at radius 3 is 2.77 bits per heavy atom. The van der Waals surface area contributed by atoms with Gasteiger partial charge >= 0.3 is 0 Å². The van der Waals surface area contributed by atoms with E-state index in [1.807, 2.05) is 0 Å². The predicted molar refractivity (Wildman–Crippen MR) is 49.7 cm³/mol. The summed E-state index contributed by atoms with van der Waals surface area (Å²) in [5, 5.41) is 0.488. The van der Waals surface area contributed by atoms with Crippen molar-refractivity contribution < 1.29 is 9.59 Å². The summed E-state index contributed by atoms with van der Waals surface area (Å²) in [6, 6.07) is 4.72. The van der Waals surface area contributed by atoms with Crippen molar-refractivity contribution in [2.24, 2.45) is 5.73 Å². The van der Waals surface area contributed by atoms with Crippen LogP contribution in [-0.4, -0.2) is 12.2 Å². The Bertz CT molecular complexity index is 349. The van der Waals surface area contributed by atoms with Gasteiger partial charge in [0.25, 0.3) is 0 Å². The second-order valence-electron chi connectivity index (χ2n) is 2.60. The van der Waals surface area contributed by atoms with E-state index < -0.39 is 5.91 Å². The molecule has 0 aromatic heterocycles. The minimum atomic E-state index is -0.481. The van der Waals surface area contributed by atoms with Crippen LogP contribution in [0.2, 0.25) is 5.02 Å². The number of rotatable bonds is 3. The number of hydrogen-bond acceptors (Lipinski definition) is 2. The second kappa shape index (κ2) is 4.05. The summed E-state index contributed by atoms with van der Waals surface area (Å²) < 4.78 is 0. The van der Waals surface area contributed by atoms with Crippen molar-refractivity contribution in [1.82, 2.24) is 0 Å². The summed E-state index contributed by atoms with van der Waals surface area (Å²) >= 11 is 5.69. The highest BCUT2D eigenvalue weighted by Crippen LogP contribution is 2.15. The lowest BCUT2D eigenvalue weighted by molar-refractivity contribution is -0.117. The number of halogens is 1. The van der Waals surface area contributed by atoms with Crippen LogP contribution in [0.1, 0.15) is 15.9 Å². The lowest BCUT2D eigenvalue weighted by Gasteiger charge is -2.01. The number of hydrogen-bond donors (Lipinski definition) is 1. The van der Waals surface area contributed by atoms with Crippen molar-refractivity contribution in [2.75, 3.05) is 0 Å². The maximum atomic E-state index is 10.6. The first kappa shape index (κ1) is 9.74. The van der Waals surface area contributed by atoms with Gasteiger partial charge in [-0.1, -0.05) is 11.6 Å². The van der Waals surface area contributed by atoms with Crippen LogP contribution in [-0.2, 0) is 11.2 Å². The molecule has 0 spiro atoms. The molecule has 0 aliphatic carbocycles. The van der Waals surface area contributed by atoms with Crippen molar-refractivity contribution in [2.45, 2.75) is 6.42 Å².